The highest BCUT2D eigenvalue weighted by molar-refractivity contribution is 6.01. The van der Waals surface area contributed by atoms with E-state index in [2.05, 4.69) is 15.5 Å². The lowest BCUT2D eigenvalue weighted by atomic mass is 9.99. The zero-order valence-electron chi connectivity index (χ0n) is 21.9. The molecule has 0 saturated carbocycles. The summed E-state index contributed by atoms with van der Waals surface area (Å²) in [6.07, 6.45) is 0.916. The minimum absolute atomic E-state index is 0.0528. The third kappa shape index (κ3) is 7.00. The van der Waals surface area contributed by atoms with E-state index in [0.717, 1.165) is 46.3 Å². The van der Waals surface area contributed by atoms with Crippen LogP contribution in [0.15, 0.2) is 59.8 Å². The van der Waals surface area contributed by atoms with Crippen LogP contribution in [0.5, 0.6) is 5.75 Å². The van der Waals surface area contributed by atoms with Gasteiger partial charge in [-0.1, -0.05) is 36.7 Å². The second-order valence-corrected chi connectivity index (χ2v) is 9.16. The Morgan fingerprint density at radius 3 is 2.71 bits per heavy atom. The average molecular weight is 520 g/mol. The Kier molecular flexibility index (Phi) is 9.13. The van der Waals surface area contributed by atoms with Gasteiger partial charge in [-0.25, -0.2) is 4.79 Å². The van der Waals surface area contributed by atoms with Gasteiger partial charge in [-0.2, -0.15) is 0 Å². The van der Waals surface area contributed by atoms with Gasteiger partial charge in [0.1, 0.15) is 12.4 Å². The highest BCUT2D eigenvalue weighted by Crippen LogP contribution is 2.24. The van der Waals surface area contributed by atoms with Crippen molar-refractivity contribution in [1.29, 1.82) is 0 Å². The van der Waals surface area contributed by atoms with Crippen LogP contribution in [0.1, 0.15) is 49.4 Å². The number of ether oxygens (including phenoxy) is 3. The number of amides is 1. The summed E-state index contributed by atoms with van der Waals surface area (Å²) < 4.78 is 16.0. The van der Waals surface area contributed by atoms with Crippen molar-refractivity contribution < 1.29 is 28.6 Å². The van der Waals surface area contributed by atoms with E-state index < -0.39 is 24.2 Å². The average Bonchev–Trinajstić information content (AvgIpc) is 3.42. The molecule has 0 radical (unpaired) electrons. The molecule has 0 spiro atoms. The maximum atomic E-state index is 12.2. The van der Waals surface area contributed by atoms with E-state index in [1.54, 1.807) is 0 Å². The SMILES string of the molecule is CCCCOC(=O)NC(CC(=O)OC)C1CC(c2ccc(OCc3cc(C)nc4ccccc34)cc2)=NO1. The quantitative estimate of drug-likeness (QED) is 0.278. The molecule has 0 aliphatic carbocycles. The minimum atomic E-state index is -0.640. The number of fused-ring (bicyclic) bond motifs is 1. The Balaban J connectivity index is 1.36. The van der Waals surface area contributed by atoms with Crippen LogP contribution in [-0.4, -0.2) is 48.6 Å². The van der Waals surface area contributed by atoms with Gasteiger partial charge in [-0.15, -0.1) is 0 Å². The van der Waals surface area contributed by atoms with Gasteiger partial charge in [0.15, 0.2) is 6.10 Å². The number of aromatic nitrogens is 1. The van der Waals surface area contributed by atoms with Crippen molar-refractivity contribution in [2.75, 3.05) is 13.7 Å². The predicted molar refractivity (Wildman–Crippen MR) is 143 cm³/mol. The number of methoxy groups -OCH3 is 1. The second kappa shape index (κ2) is 12.9. The Morgan fingerprint density at radius 1 is 1.16 bits per heavy atom. The molecule has 1 amide bonds. The first kappa shape index (κ1) is 26.9. The number of carbonyl (C=O) groups is 2. The van der Waals surface area contributed by atoms with Crippen molar-refractivity contribution in [2.45, 2.75) is 58.3 Å². The number of pyridine rings is 1. The van der Waals surface area contributed by atoms with Gasteiger partial charge in [0.2, 0.25) is 0 Å². The maximum absolute atomic E-state index is 12.2. The highest BCUT2D eigenvalue weighted by atomic mass is 16.6. The molecule has 4 rings (SSSR count). The smallest absolute Gasteiger partial charge is 0.407 e. The third-order valence-electron chi connectivity index (χ3n) is 6.30. The minimum Gasteiger partial charge on any atom is -0.489 e. The van der Waals surface area contributed by atoms with Crippen LogP contribution in [0.3, 0.4) is 0 Å². The predicted octanol–water partition coefficient (Wildman–Crippen LogP) is 5.07. The Bertz CT molecular complexity index is 1290. The molecule has 2 unspecified atom stereocenters. The molecule has 3 aromatic rings. The summed E-state index contributed by atoms with van der Waals surface area (Å²) in [6, 6.07) is 17.0. The van der Waals surface area contributed by atoms with Gasteiger partial charge >= 0.3 is 12.1 Å². The molecule has 2 heterocycles. The number of nitrogens with zero attached hydrogens (tertiary/aromatic N) is 2. The molecule has 38 heavy (non-hydrogen) atoms. The second-order valence-electron chi connectivity index (χ2n) is 9.16. The molecule has 0 bridgehead atoms. The number of para-hydroxylation sites is 1. The monoisotopic (exact) mass is 519 g/mol. The number of hydrogen-bond donors (Lipinski definition) is 1. The van der Waals surface area contributed by atoms with E-state index in [0.29, 0.717) is 25.3 Å². The number of nitrogens with one attached hydrogen (secondary N) is 1. The van der Waals surface area contributed by atoms with Crippen LogP contribution in [0, 0.1) is 6.92 Å². The van der Waals surface area contributed by atoms with Crippen LogP contribution in [0.25, 0.3) is 10.9 Å². The summed E-state index contributed by atoms with van der Waals surface area (Å²) in [4.78, 5) is 34.3. The Labute approximate surface area is 222 Å². The van der Waals surface area contributed by atoms with Crippen molar-refractivity contribution >= 4 is 28.7 Å². The van der Waals surface area contributed by atoms with Crippen LogP contribution >= 0.6 is 0 Å². The van der Waals surface area contributed by atoms with E-state index >= 15 is 0 Å². The molecule has 9 heteroatoms. The van der Waals surface area contributed by atoms with Gasteiger partial charge < -0.3 is 24.4 Å². The van der Waals surface area contributed by atoms with E-state index in [-0.39, 0.29) is 6.42 Å². The fourth-order valence-corrected chi connectivity index (χ4v) is 4.24. The fraction of sp³-hybridized carbons (Fsp3) is 0.379. The van der Waals surface area contributed by atoms with Crippen LogP contribution < -0.4 is 10.1 Å². The topological polar surface area (TPSA) is 108 Å². The number of oxime groups is 1. The number of unbranched alkanes of at least 4 members (excludes halogenated alkanes) is 1. The molecule has 2 aromatic carbocycles. The number of benzene rings is 2. The summed E-state index contributed by atoms with van der Waals surface area (Å²) in [5.41, 5.74) is 4.55. The number of alkyl carbamates (subject to hydrolysis) is 1. The molecule has 9 nitrogen and oxygen atoms in total. The van der Waals surface area contributed by atoms with Crippen LogP contribution in [0.2, 0.25) is 0 Å². The normalized spacial score (nSPS) is 15.3. The Hall–Kier alpha value is -4.14. The number of esters is 1. The zero-order valence-corrected chi connectivity index (χ0v) is 21.9. The van der Waals surface area contributed by atoms with Crippen molar-refractivity contribution in [1.82, 2.24) is 10.3 Å². The lowest BCUT2D eigenvalue weighted by Gasteiger charge is -2.21. The third-order valence-corrected chi connectivity index (χ3v) is 6.30. The zero-order chi connectivity index (χ0) is 26.9. The highest BCUT2D eigenvalue weighted by Gasteiger charge is 2.33. The van der Waals surface area contributed by atoms with Crippen LogP contribution in [0.4, 0.5) is 4.79 Å². The van der Waals surface area contributed by atoms with E-state index in [9.17, 15) is 9.59 Å². The van der Waals surface area contributed by atoms with Crippen molar-refractivity contribution in [3.63, 3.8) is 0 Å². The molecule has 1 aliphatic heterocycles. The molecular formula is C29H33N3O6. The lowest BCUT2D eigenvalue weighted by Crippen LogP contribution is -2.45. The van der Waals surface area contributed by atoms with Gasteiger partial charge in [0, 0.05) is 23.1 Å². The first-order valence-electron chi connectivity index (χ1n) is 12.8. The van der Waals surface area contributed by atoms with Crippen molar-refractivity contribution in [2.24, 2.45) is 5.16 Å². The summed E-state index contributed by atoms with van der Waals surface area (Å²) in [6.45, 7) is 4.72. The fourth-order valence-electron chi connectivity index (χ4n) is 4.24. The molecule has 0 saturated heterocycles. The van der Waals surface area contributed by atoms with Crippen LogP contribution in [-0.2, 0) is 25.7 Å². The number of hydrogen-bond acceptors (Lipinski definition) is 8. The first-order valence-corrected chi connectivity index (χ1v) is 12.8. The van der Waals surface area contributed by atoms with Gasteiger partial charge in [0.25, 0.3) is 0 Å². The van der Waals surface area contributed by atoms with E-state index in [1.165, 1.54) is 7.11 Å². The van der Waals surface area contributed by atoms with Gasteiger partial charge in [0.05, 0.1) is 37.4 Å². The van der Waals surface area contributed by atoms with Crippen molar-refractivity contribution in [3.05, 3.63) is 71.4 Å². The first-order chi connectivity index (χ1) is 18.5. The molecule has 1 aromatic heterocycles. The van der Waals surface area contributed by atoms with Gasteiger partial charge in [-0.3, -0.25) is 9.78 Å². The summed E-state index contributed by atoms with van der Waals surface area (Å²) in [5, 5.41) is 8.02. The summed E-state index contributed by atoms with van der Waals surface area (Å²) in [5.74, 6) is 0.267. The number of aryl methyl sites for hydroxylation is 1. The molecule has 1 aliphatic rings. The summed E-state index contributed by atoms with van der Waals surface area (Å²) in [7, 11) is 1.30. The summed E-state index contributed by atoms with van der Waals surface area (Å²) >= 11 is 0. The maximum Gasteiger partial charge on any atom is 0.407 e. The molecule has 0 fully saturated rings. The number of rotatable bonds is 11. The standard InChI is InChI=1S/C29H33N3O6/c1-4-5-14-36-29(34)31-26(17-28(33)35-3)27-16-25(32-38-27)20-10-12-22(13-11-20)37-18-21-15-19(2)30-24-9-7-6-8-23(21)24/h6-13,15,26-27H,4-5,14,16-18H2,1-3H3,(H,31,34). The molecule has 2 atom stereocenters. The van der Waals surface area contributed by atoms with E-state index in [4.69, 9.17) is 19.0 Å². The lowest BCUT2D eigenvalue weighted by molar-refractivity contribution is -0.142. The number of carbonyl (C=O) groups excluding carboxylic acids is 2. The largest absolute Gasteiger partial charge is 0.489 e. The molecular weight excluding hydrogens is 486 g/mol. The Morgan fingerprint density at radius 2 is 1.95 bits per heavy atom. The van der Waals surface area contributed by atoms with E-state index in [1.807, 2.05) is 68.4 Å². The molecule has 200 valence electrons. The van der Waals surface area contributed by atoms with Crippen molar-refractivity contribution in [3.8, 4) is 5.75 Å². The molecule has 1 N–H and O–H groups in total. The van der Waals surface area contributed by atoms with Gasteiger partial charge in [-0.05, 0) is 55.3 Å².